The van der Waals surface area contributed by atoms with Gasteiger partial charge in [-0.05, 0) is 12.5 Å². The van der Waals surface area contributed by atoms with Crippen molar-refractivity contribution in [2.45, 2.75) is 18.9 Å². The second-order valence-electron chi connectivity index (χ2n) is 3.87. The molecule has 0 amide bonds. The minimum atomic E-state index is -0.531. The molecule has 0 fully saturated rings. The summed E-state index contributed by atoms with van der Waals surface area (Å²) in [5, 5.41) is 0. The zero-order chi connectivity index (χ0) is 11.4. The number of hydrogen-bond acceptors (Lipinski definition) is 3. The minimum absolute atomic E-state index is 0.531. The molecule has 0 aliphatic carbocycles. The minimum Gasteiger partial charge on any atom is -0.493 e. The first-order valence-electron chi connectivity index (χ1n) is 5.34. The molecule has 2 N–H and O–H groups in total. The van der Waals surface area contributed by atoms with Crippen molar-refractivity contribution in [3.05, 3.63) is 35.4 Å². The lowest BCUT2D eigenvalue weighted by Gasteiger charge is -2.06. The summed E-state index contributed by atoms with van der Waals surface area (Å²) in [6, 6.07) is 7.32. The van der Waals surface area contributed by atoms with Crippen LogP contribution in [0.25, 0.3) is 6.08 Å². The Labute approximate surface area is 94.9 Å². The SMILES string of the molecule is N[C@H]([C]=O)CC1=Cc2ccccc2OCC1. The van der Waals surface area contributed by atoms with Gasteiger partial charge < -0.3 is 10.5 Å². The number of carbonyl (C=O) groups excluding carboxylic acids is 1. The Bertz CT molecular complexity index is 412. The first-order chi connectivity index (χ1) is 7.79. The molecule has 0 aromatic heterocycles. The Morgan fingerprint density at radius 3 is 3.06 bits per heavy atom. The Morgan fingerprint density at radius 1 is 1.44 bits per heavy atom. The molecular formula is C13H14NO2. The average Bonchev–Trinajstić information content (AvgIpc) is 2.50. The molecule has 16 heavy (non-hydrogen) atoms. The van der Waals surface area contributed by atoms with E-state index in [0.717, 1.165) is 23.3 Å². The van der Waals surface area contributed by atoms with Crippen LogP contribution in [0.1, 0.15) is 18.4 Å². The van der Waals surface area contributed by atoms with Crippen molar-refractivity contribution in [1.82, 2.24) is 0 Å². The predicted molar refractivity (Wildman–Crippen MR) is 62.8 cm³/mol. The van der Waals surface area contributed by atoms with Crippen LogP contribution in [0.4, 0.5) is 0 Å². The third-order valence-electron chi connectivity index (χ3n) is 2.59. The van der Waals surface area contributed by atoms with E-state index in [1.807, 2.05) is 24.3 Å². The highest BCUT2D eigenvalue weighted by molar-refractivity contribution is 5.63. The fourth-order valence-electron chi connectivity index (χ4n) is 1.80. The van der Waals surface area contributed by atoms with Gasteiger partial charge in [0.2, 0.25) is 6.29 Å². The van der Waals surface area contributed by atoms with Gasteiger partial charge in [-0.15, -0.1) is 0 Å². The van der Waals surface area contributed by atoms with Gasteiger partial charge in [0, 0.05) is 12.0 Å². The van der Waals surface area contributed by atoms with Gasteiger partial charge in [-0.2, -0.15) is 0 Å². The van der Waals surface area contributed by atoms with Crippen molar-refractivity contribution in [3.63, 3.8) is 0 Å². The van der Waals surface area contributed by atoms with E-state index in [2.05, 4.69) is 6.08 Å². The number of ether oxygens (including phenoxy) is 1. The molecular weight excluding hydrogens is 202 g/mol. The van der Waals surface area contributed by atoms with Gasteiger partial charge in [-0.3, -0.25) is 4.79 Å². The summed E-state index contributed by atoms with van der Waals surface area (Å²) in [5.74, 6) is 0.890. The topological polar surface area (TPSA) is 52.3 Å². The molecule has 0 saturated heterocycles. The van der Waals surface area contributed by atoms with Crippen LogP contribution in [0, 0.1) is 0 Å². The van der Waals surface area contributed by atoms with Crippen LogP contribution in [-0.4, -0.2) is 18.9 Å². The van der Waals surface area contributed by atoms with E-state index >= 15 is 0 Å². The third-order valence-corrected chi connectivity index (χ3v) is 2.59. The lowest BCUT2D eigenvalue weighted by Crippen LogP contribution is -2.22. The standard InChI is InChI=1S/C13H14NO2/c14-12(9-15)8-10-5-6-16-13-4-2-1-3-11(13)7-10/h1-4,7,12H,5-6,8,14H2/t12-/m0/s1. The highest BCUT2D eigenvalue weighted by atomic mass is 16.5. The summed E-state index contributed by atoms with van der Waals surface area (Å²) in [7, 11) is 0. The molecule has 0 spiro atoms. The van der Waals surface area contributed by atoms with E-state index in [0.29, 0.717) is 13.0 Å². The second kappa shape index (κ2) is 4.94. The van der Waals surface area contributed by atoms with Crippen molar-refractivity contribution >= 4 is 12.4 Å². The van der Waals surface area contributed by atoms with E-state index in [1.165, 1.54) is 0 Å². The van der Waals surface area contributed by atoms with E-state index in [9.17, 15) is 4.79 Å². The van der Waals surface area contributed by atoms with Crippen molar-refractivity contribution in [2.75, 3.05) is 6.61 Å². The Hall–Kier alpha value is -1.61. The van der Waals surface area contributed by atoms with Crippen molar-refractivity contribution in [1.29, 1.82) is 0 Å². The van der Waals surface area contributed by atoms with Gasteiger partial charge in [-0.1, -0.05) is 29.8 Å². The lowest BCUT2D eigenvalue weighted by atomic mass is 10.0. The molecule has 0 bridgehead atoms. The highest BCUT2D eigenvalue weighted by Crippen LogP contribution is 2.26. The van der Waals surface area contributed by atoms with Crippen LogP contribution < -0.4 is 10.5 Å². The number of hydrogen-bond donors (Lipinski definition) is 1. The average molecular weight is 216 g/mol. The van der Waals surface area contributed by atoms with Crippen molar-refractivity contribution in [3.8, 4) is 5.75 Å². The largest absolute Gasteiger partial charge is 0.493 e. The van der Waals surface area contributed by atoms with Gasteiger partial charge in [-0.25, -0.2) is 0 Å². The van der Waals surface area contributed by atoms with Crippen molar-refractivity contribution < 1.29 is 9.53 Å². The number of benzene rings is 1. The first-order valence-corrected chi connectivity index (χ1v) is 5.34. The van der Waals surface area contributed by atoms with Crippen LogP contribution in [0.5, 0.6) is 5.75 Å². The smallest absolute Gasteiger partial charge is 0.216 e. The molecule has 1 aliphatic heterocycles. The van der Waals surface area contributed by atoms with Crippen LogP contribution in [0.2, 0.25) is 0 Å². The number of rotatable bonds is 3. The molecule has 2 rings (SSSR count). The lowest BCUT2D eigenvalue weighted by molar-refractivity contribution is 0.322. The van der Waals surface area contributed by atoms with Gasteiger partial charge in [0.25, 0.3) is 0 Å². The fourth-order valence-corrected chi connectivity index (χ4v) is 1.80. The summed E-state index contributed by atoms with van der Waals surface area (Å²) in [4.78, 5) is 10.4. The zero-order valence-electron chi connectivity index (χ0n) is 8.98. The summed E-state index contributed by atoms with van der Waals surface area (Å²) >= 11 is 0. The van der Waals surface area contributed by atoms with Gasteiger partial charge in [0.1, 0.15) is 5.75 Å². The molecule has 0 saturated carbocycles. The summed E-state index contributed by atoms with van der Waals surface area (Å²) < 4.78 is 5.60. The maximum absolute atomic E-state index is 10.4. The van der Waals surface area contributed by atoms with Crippen LogP contribution in [-0.2, 0) is 4.79 Å². The maximum atomic E-state index is 10.4. The van der Waals surface area contributed by atoms with Gasteiger partial charge >= 0.3 is 0 Å². The monoisotopic (exact) mass is 216 g/mol. The summed E-state index contributed by atoms with van der Waals surface area (Å²) in [6.45, 7) is 0.633. The highest BCUT2D eigenvalue weighted by Gasteiger charge is 2.11. The molecule has 1 aromatic rings. The Balaban J connectivity index is 2.22. The summed E-state index contributed by atoms with van der Waals surface area (Å²) in [5.41, 5.74) is 7.76. The second-order valence-corrected chi connectivity index (χ2v) is 3.87. The van der Waals surface area contributed by atoms with Gasteiger partial charge in [0.15, 0.2) is 0 Å². The van der Waals surface area contributed by atoms with Crippen molar-refractivity contribution in [2.24, 2.45) is 5.73 Å². The van der Waals surface area contributed by atoms with Crippen LogP contribution in [0.15, 0.2) is 29.8 Å². The quantitative estimate of drug-likeness (QED) is 0.836. The van der Waals surface area contributed by atoms with E-state index in [1.54, 1.807) is 6.29 Å². The van der Waals surface area contributed by atoms with E-state index in [4.69, 9.17) is 10.5 Å². The fraction of sp³-hybridized carbons (Fsp3) is 0.308. The molecule has 1 aromatic carbocycles. The van der Waals surface area contributed by atoms with E-state index < -0.39 is 6.04 Å². The van der Waals surface area contributed by atoms with Crippen LogP contribution in [0.3, 0.4) is 0 Å². The maximum Gasteiger partial charge on any atom is 0.216 e. The molecule has 1 atom stereocenters. The Kier molecular flexibility index (Phi) is 3.37. The number of nitrogens with two attached hydrogens (primary N) is 1. The molecule has 83 valence electrons. The summed E-state index contributed by atoms with van der Waals surface area (Å²) in [6.07, 6.45) is 5.22. The first kappa shape index (κ1) is 10.9. The molecule has 1 radical (unpaired) electrons. The third kappa shape index (κ3) is 2.49. The molecule has 3 heteroatoms. The molecule has 3 nitrogen and oxygen atoms in total. The van der Waals surface area contributed by atoms with Crippen LogP contribution >= 0.6 is 0 Å². The molecule has 1 heterocycles. The number of para-hydroxylation sites is 1. The normalized spacial score (nSPS) is 16.4. The molecule has 0 unspecified atom stereocenters. The van der Waals surface area contributed by atoms with Gasteiger partial charge in [0.05, 0.1) is 12.6 Å². The number of fused-ring (bicyclic) bond motifs is 1. The zero-order valence-corrected chi connectivity index (χ0v) is 8.98. The Morgan fingerprint density at radius 2 is 2.25 bits per heavy atom. The van der Waals surface area contributed by atoms with E-state index in [-0.39, 0.29) is 0 Å². The molecule has 1 aliphatic rings. The predicted octanol–water partition coefficient (Wildman–Crippen LogP) is 1.68.